The van der Waals surface area contributed by atoms with Crippen molar-refractivity contribution in [1.82, 2.24) is 4.90 Å². The minimum Gasteiger partial charge on any atom is -0.465 e. The van der Waals surface area contributed by atoms with Gasteiger partial charge in [0.05, 0.1) is 12.7 Å². The predicted octanol–water partition coefficient (Wildman–Crippen LogP) is 0.516. The molecule has 0 spiro atoms. The number of hydrogen-bond acceptors (Lipinski definition) is 4. The number of carbonyl (C=O) groups is 1. The first-order valence-corrected chi connectivity index (χ1v) is 4.93. The topological polar surface area (TPSA) is 38.8 Å². The Labute approximate surface area is 85.2 Å². The van der Waals surface area contributed by atoms with Crippen molar-refractivity contribution < 1.29 is 14.3 Å². The Balaban J connectivity index is 2.75. The molecule has 1 rings (SSSR count). The first-order valence-electron chi connectivity index (χ1n) is 4.93. The standard InChI is InChI=1S/C10H19NO3/c1-5-14-9(12)10(2)7-11(3)6-8(10)13-4/h8H,5-7H2,1-4H3. The summed E-state index contributed by atoms with van der Waals surface area (Å²) in [6, 6.07) is 0. The van der Waals surface area contributed by atoms with Crippen LogP contribution >= 0.6 is 0 Å². The third-order valence-electron chi connectivity index (χ3n) is 2.81. The van der Waals surface area contributed by atoms with Gasteiger partial charge in [0, 0.05) is 20.2 Å². The smallest absolute Gasteiger partial charge is 0.315 e. The zero-order chi connectivity index (χ0) is 10.8. The van der Waals surface area contributed by atoms with Gasteiger partial charge in [-0.3, -0.25) is 4.79 Å². The van der Waals surface area contributed by atoms with Gasteiger partial charge in [-0.1, -0.05) is 0 Å². The van der Waals surface area contributed by atoms with Crippen molar-refractivity contribution in [3.8, 4) is 0 Å². The molecule has 2 unspecified atom stereocenters. The maximum atomic E-state index is 11.8. The highest BCUT2D eigenvalue weighted by molar-refractivity contribution is 5.78. The van der Waals surface area contributed by atoms with Crippen LogP contribution in [0.25, 0.3) is 0 Å². The average molecular weight is 201 g/mol. The maximum Gasteiger partial charge on any atom is 0.315 e. The van der Waals surface area contributed by atoms with Gasteiger partial charge < -0.3 is 14.4 Å². The number of hydrogen-bond donors (Lipinski definition) is 0. The monoisotopic (exact) mass is 201 g/mol. The van der Waals surface area contributed by atoms with Crippen LogP contribution in [0.15, 0.2) is 0 Å². The molecule has 0 aromatic heterocycles. The zero-order valence-corrected chi connectivity index (χ0v) is 9.37. The maximum absolute atomic E-state index is 11.8. The average Bonchev–Trinajstić information content (AvgIpc) is 2.43. The molecular weight excluding hydrogens is 182 g/mol. The van der Waals surface area contributed by atoms with Crippen molar-refractivity contribution in [3.05, 3.63) is 0 Å². The van der Waals surface area contributed by atoms with E-state index in [1.165, 1.54) is 0 Å². The highest BCUT2D eigenvalue weighted by Gasteiger charge is 2.49. The third-order valence-corrected chi connectivity index (χ3v) is 2.81. The Morgan fingerprint density at radius 2 is 2.29 bits per heavy atom. The summed E-state index contributed by atoms with van der Waals surface area (Å²) in [6.45, 7) is 5.63. The molecule has 0 aromatic carbocycles. The molecule has 0 saturated carbocycles. The molecule has 1 fully saturated rings. The van der Waals surface area contributed by atoms with Crippen molar-refractivity contribution in [2.45, 2.75) is 20.0 Å². The molecule has 1 aliphatic heterocycles. The summed E-state index contributed by atoms with van der Waals surface area (Å²) >= 11 is 0. The molecule has 82 valence electrons. The van der Waals surface area contributed by atoms with Gasteiger partial charge in [0.15, 0.2) is 0 Å². The molecule has 0 amide bonds. The Bertz CT molecular complexity index is 219. The largest absolute Gasteiger partial charge is 0.465 e. The van der Waals surface area contributed by atoms with Crippen LogP contribution in [0.3, 0.4) is 0 Å². The van der Waals surface area contributed by atoms with Crippen LogP contribution in [0, 0.1) is 5.41 Å². The predicted molar refractivity (Wildman–Crippen MR) is 53.0 cm³/mol. The van der Waals surface area contributed by atoms with Crippen LogP contribution in [-0.2, 0) is 14.3 Å². The lowest BCUT2D eigenvalue weighted by atomic mass is 9.87. The summed E-state index contributed by atoms with van der Waals surface area (Å²) in [6.07, 6.45) is -0.0634. The number of esters is 1. The van der Waals surface area contributed by atoms with Gasteiger partial charge in [-0.15, -0.1) is 0 Å². The number of ether oxygens (including phenoxy) is 2. The molecular formula is C10H19NO3. The highest BCUT2D eigenvalue weighted by Crippen LogP contribution is 2.32. The van der Waals surface area contributed by atoms with E-state index in [2.05, 4.69) is 4.90 Å². The summed E-state index contributed by atoms with van der Waals surface area (Å²) in [7, 11) is 3.62. The summed E-state index contributed by atoms with van der Waals surface area (Å²) < 4.78 is 10.4. The quantitative estimate of drug-likeness (QED) is 0.624. The number of nitrogens with zero attached hydrogens (tertiary/aromatic N) is 1. The molecule has 4 nitrogen and oxygen atoms in total. The fraction of sp³-hybridized carbons (Fsp3) is 0.900. The van der Waals surface area contributed by atoms with E-state index in [0.717, 1.165) is 6.54 Å². The lowest BCUT2D eigenvalue weighted by molar-refractivity contribution is -0.159. The van der Waals surface area contributed by atoms with E-state index < -0.39 is 5.41 Å². The Kier molecular flexibility index (Phi) is 3.50. The lowest BCUT2D eigenvalue weighted by Crippen LogP contribution is -2.41. The van der Waals surface area contributed by atoms with Gasteiger partial charge in [0.1, 0.15) is 5.41 Å². The van der Waals surface area contributed by atoms with E-state index in [1.807, 2.05) is 20.9 Å². The first kappa shape index (κ1) is 11.5. The zero-order valence-electron chi connectivity index (χ0n) is 9.37. The second-order valence-corrected chi connectivity index (χ2v) is 4.06. The molecule has 0 aliphatic carbocycles. The van der Waals surface area contributed by atoms with Crippen LogP contribution in [-0.4, -0.2) is 50.8 Å². The van der Waals surface area contributed by atoms with Gasteiger partial charge in [0.2, 0.25) is 0 Å². The van der Waals surface area contributed by atoms with E-state index in [1.54, 1.807) is 7.11 Å². The van der Waals surface area contributed by atoms with Gasteiger partial charge in [-0.05, 0) is 20.9 Å². The van der Waals surface area contributed by atoms with Gasteiger partial charge >= 0.3 is 5.97 Å². The minimum absolute atomic E-state index is 0.0634. The Morgan fingerprint density at radius 1 is 1.64 bits per heavy atom. The molecule has 0 bridgehead atoms. The fourth-order valence-corrected chi connectivity index (χ4v) is 2.04. The number of likely N-dealkylation sites (tertiary alicyclic amines) is 1. The Hall–Kier alpha value is -0.610. The first-order chi connectivity index (χ1) is 6.54. The van der Waals surface area contributed by atoms with Crippen molar-refractivity contribution >= 4 is 5.97 Å². The molecule has 0 aromatic rings. The van der Waals surface area contributed by atoms with E-state index in [9.17, 15) is 4.79 Å². The molecule has 2 atom stereocenters. The molecule has 1 saturated heterocycles. The van der Waals surface area contributed by atoms with Gasteiger partial charge in [-0.25, -0.2) is 0 Å². The summed E-state index contributed by atoms with van der Waals surface area (Å²) in [5.41, 5.74) is -0.514. The molecule has 1 aliphatic rings. The lowest BCUT2D eigenvalue weighted by Gasteiger charge is -2.26. The van der Waals surface area contributed by atoms with Crippen LogP contribution in [0.2, 0.25) is 0 Å². The Morgan fingerprint density at radius 3 is 2.79 bits per heavy atom. The van der Waals surface area contributed by atoms with E-state index >= 15 is 0 Å². The summed E-state index contributed by atoms with van der Waals surface area (Å²) in [5.74, 6) is -0.156. The molecule has 1 heterocycles. The van der Waals surface area contributed by atoms with E-state index in [0.29, 0.717) is 13.2 Å². The van der Waals surface area contributed by atoms with Crippen molar-refractivity contribution in [2.24, 2.45) is 5.41 Å². The normalized spacial score (nSPS) is 33.3. The van der Waals surface area contributed by atoms with E-state index in [-0.39, 0.29) is 12.1 Å². The van der Waals surface area contributed by atoms with E-state index in [4.69, 9.17) is 9.47 Å². The summed E-state index contributed by atoms with van der Waals surface area (Å²) in [5, 5.41) is 0. The number of carbonyl (C=O) groups excluding carboxylic acids is 1. The van der Waals surface area contributed by atoms with Gasteiger partial charge in [-0.2, -0.15) is 0 Å². The number of likely N-dealkylation sites (N-methyl/N-ethyl adjacent to an activating group) is 1. The van der Waals surface area contributed by atoms with Crippen molar-refractivity contribution in [2.75, 3.05) is 33.9 Å². The van der Waals surface area contributed by atoms with Crippen LogP contribution in [0.4, 0.5) is 0 Å². The second kappa shape index (κ2) is 4.28. The fourth-order valence-electron chi connectivity index (χ4n) is 2.04. The molecule has 0 N–H and O–H groups in total. The van der Waals surface area contributed by atoms with Crippen LogP contribution < -0.4 is 0 Å². The van der Waals surface area contributed by atoms with Crippen molar-refractivity contribution in [3.63, 3.8) is 0 Å². The van der Waals surface area contributed by atoms with Crippen LogP contribution in [0.1, 0.15) is 13.8 Å². The SMILES string of the molecule is CCOC(=O)C1(C)CN(C)CC1OC. The molecule has 0 radical (unpaired) electrons. The minimum atomic E-state index is -0.514. The third kappa shape index (κ3) is 1.91. The molecule has 4 heteroatoms. The highest BCUT2D eigenvalue weighted by atomic mass is 16.5. The molecule has 14 heavy (non-hydrogen) atoms. The van der Waals surface area contributed by atoms with Crippen molar-refractivity contribution in [1.29, 1.82) is 0 Å². The van der Waals surface area contributed by atoms with Crippen LogP contribution in [0.5, 0.6) is 0 Å². The summed E-state index contributed by atoms with van der Waals surface area (Å²) in [4.78, 5) is 13.8. The second-order valence-electron chi connectivity index (χ2n) is 4.06. The number of rotatable bonds is 3. The van der Waals surface area contributed by atoms with Gasteiger partial charge in [0.25, 0.3) is 0 Å². The number of methoxy groups -OCH3 is 1.